The number of benzene rings is 1. The zero-order valence-corrected chi connectivity index (χ0v) is 17.3. The van der Waals surface area contributed by atoms with Gasteiger partial charge in [0.1, 0.15) is 23.6 Å². The number of aryl methyl sites for hydroxylation is 1. The lowest BCUT2D eigenvalue weighted by atomic mass is 10.2. The molecule has 30 heavy (non-hydrogen) atoms. The average molecular weight is 406 g/mol. The number of rotatable bonds is 11. The highest BCUT2D eigenvalue weighted by Gasteiger charge is 2.14. The lowest BCUT2D eigenvalue weighted by Crippen LogP contribution is -2.15. The number of anilines is 1. The summed E-state index contributed by atoms with van der Waals surface area (Å²) in [6.45, 7) is 7.16. The van der Waals surface area contributed by atoms with Crippen LogP contribution in [0.5, 0.6) is 5.75 Å². The molecule has 156 valence electrons. The van der Waals surface area contributed by atoms with Gasteiger partial charge in [0.15, 0.2) is 5.82 Å². The Hall–Kier alpha value is -3.48. The fourth-order valence-corrected chi connectivity index (χ4v) is 2.99. The third kappa shape index (κ3) is 5.53. The molecule has 7 nitrogen and oxygen atoms in total. The van der Waals surface area contributed by atoms with Crippen LogP contribution in [0.3, 0.4) is 0 Å². The van der Waals surface area contributed by atoms with E-state index in [-0.39, 0.29) is 5.91 Å². The van der Waals surface area contributed by atoms with Crippen LogP contribution in [0.1, 0.15) is 43.0 Å². The molecule has 0 aliphatic carbocycles. The highest BCUT2D eigenvalue weighted by molar-refractivity contribution is 6.05. The Labute approximate surface area is 176 Å². The number of nitrogens with zero attached hydrogens (tertiary/aromatic N) is 4. The molecule has 3 rings (SSSR count). The van der Waals surface area contributed by atoms with Crippen molar-refractivity contribution in [3.63, 3.8) is 0 Å². The maximum absolute atomic E-state index is 12.8. The summed E-state index contributed by atoms with van der Waals surface area (Å²) in [6.07, 6.45) is 7.55. The van der Waals surface area contributed by atoms with Crippen LogP contribution in [0, 0.1) is 0 Å². The van der Waals surface area contributed by atoms with Crippen molar-refractivity contribution in [1.82, 2.24) is 19.7 Å². The van der Waals surface area contributed by atoms with E-state index in [2.05, 4.69) is 34.0 Å². The molecular formula is C23H27N5O2. The summed E-state index contributed by atoms with van der Waals surface area (Å²) in [6, 6.07) is 12.6. The van der Waals surface area contributed by atoms with Crippen molar-refractivity contribution in [2.45, 2.75) is 39.2 Å². The Kier molecular flexibility index (Phi) is 7.71. The molecular weight excluding hydrogens is 378 g/mol. The summed E-state index contributed by atoms with van der Waals surface area (Å²) in [5.41, 5.74) is 1.12. The van der Waals surface area contributed by atoms with Crippen LogP contribution in [0.2, 0.25) is 0 Å². The van der Waals surface area contributed by atoms with E-state index >= 15 is 0 Å². The fraction of sp³-hybridized carbons (Fsp3) is 0.304. The molecule has 3 aromatic rings. The van der Waals surface area contributed by atoms with E-state index in [1.54, 1.807) is 36.7 Å². The topological polar surface area (TPSA) is 81.9 Å². The number of aromatic nitrogens is 4. The first-order chi connectivity index (χ1) is 14.7. The van der Waals surface area contributed by atoms with Crippen LogP contribution in [0.4, 0.5) is 5.82 Å². The Balaban J connectivity index is 1.74. The van der Waals surface area contributed by atoms with E-state index in [1.807, 2.05) is 22.8 Å². The van der Waals surface area contributed by atoms with Gasteiger partial charge in [-0.15, -0.1) is 16.8 Å². The minimum Gasteiger partial charge on any atom is -0.492 e. The van der Waals surface area contributed by atoms with Gasteiger partial charge in [0.05, 0.1) is 12.2 Å². The monoisotopic (exact) mass is 405 g/mol. The number of para-hydroxylation sites is 1. The molecule has 7 heteroatoms. The molecule has 0 fully saturated rings. The Morgan fingerprint density at radius 1 is 1.20 bits per heavy atom. The first-order valence-corrected chi connectivity index (χ1v) is 10.2. The molecule has 1 aromatic carbocycles. The Morgan fingerprint density at radius 2 is 2.07 bits per heavy atom. The van der Waals surface area contributed by atoms with Crippen molar-refractivity contribution in [1.29, 1.82) is 0 Å². The normalized spacial score (nSPS) is 10.6. The quantitative estimate of drug-likeness (QED) is 0.368. The van der Waals surface area contributed by atoms with Gasteiger partial charge in [-0.2, -0.15) is 0 Å². The van der Waals surface area contributed by atoms with Crippen LogP contribution >= 0.6 is 0 Å². The van der Waals surface area contributed by atoms with Gasteiger partial charge in [0, 0.05) is 6.54 Å². The molecule has 0 aliphatic heterocycles. The van der Waals surface area contributed by atoms with Crippen molar-refractivity contribution in [2.24, 2.45) is 0 Å². The van der Waals surface area contributed by atoms with E-state index in [4.69, 9.17) is 4.74 Å². The molecule has 0 unspecified atom stereocenters. The summed E-state index contributed by atoms with van der Waals surface area (Å²) in [4.78, 5) is 17.4. The third-order valence-electron chi connectivity index (χ3n) is 4.55. The first kappa shape index (κ1) is 21.2. The second kappa shape index (κ2) is 10.9. The van der Waals surface area contributed by atoms with Crippen molar-refractivity contribution in [3.05, 3.63) is 67.0 Å². The number of carbonyl (C=O) groups excluding carboxylic acids is 1. The van der Waals surface area contributed by atoms with Gasteiger partial charge in [-0.3, -0.25) is 4.79 Å². The lowest BCUT2D eigenvalue weighted by Gasteiger charge is -2.11. The Bertz CT molecular complexity index is 983. The maximum Gasteiger partial charge on any atom is 0.260 e. The predicted octanol–water partition coefficient (Wildman–Crippen LogP) is 4.74. The lowest BCUT2D eigenvalue weighted by molar-refractivity contribution is 0.102. The number of ether oxygens (including phenoxy) is 1. The summed E-state index contributed by atoms with van der Waals surface area (Å²) in [5, 5.41) is 11.1. The minimum absolute atomic E-state index is 0.279. The molecule has 2 aromatic heterocycles. The second-order valence-electron chi connectivity index (χ2n) is 6.84. The molecule has 0 spiro atoms. The minimum atomic E-state index is -0.279. The zero-order valence-electron chi connectivity index (χ0n) is 17.3. The SMILES string of the molecule is C=CCCOc1ccccc1C(=O)Nc1cccc(-c2nncn2CCCCC)n1. The van der Waals surface area contributed by atoms with Gasteiger partial charge in [-0.05, 0) is 37.1 Å². The first-order valence-electron chi connectivity index (χ1n) is 10.2. The van der Waals surface area contributed by atoms with Crippen LogP contribution in [0.15, 0.2) is 61.4 Å². The van der Waals surface area contributed by atoms with E-state index in [0.717, 1.165) is 25.8 Å². The number of hydrogen-bond acceptors (Lipinski definition) is 5. The summed E-state index contributed by atoms with van der Waals surface area (Å²) < 4.78 is 7.70. The number of unbranched alkanes of at least 4 members (excludes halogenated alkanes) is 2. The summed E-state index contributed by atoms with van der Waals surface area (Å²) in [5.74, 6) is 1.39. The fourth-order valence-electron chi connectivity index (χ4n) is 2.99. The third-order valence-corrected chi connectivity index (χ3v) is 4.55. The standard InChI is InChI=1S/C23H27N5O2/c1-3-5-9-15-28-17-24-27-22(28)19-12-10-14-21(25-19)26-23(29)18-11-7-8-13-20(18)30-16-6-4-2/h4,7-8,10-14,17H,2-3,5-6,9,15-16H2,1H3,(H,25,26,29). The number of carbonyl (C=O) groups is 1. The van der Waals surface area contributed by atoms with E-state index in [0.29, 0.717) is 41.7 Å². The largest absolute Gasteiger partial charge is 0.492 e. The van der Waals surface area contributed by atoms with Crippen molar-refractivity contribution in [3.8, 4) is 17.3 Å². The van der Waals surface area contributed by atoms with Gasteiger partial charge in [0.25, 0.3) is 5.91 Å². The molecule has 0 aliphatic rings. The molecule has 0 bridgehead atoms. The number of pyridine rings is 1. The second-order valence-corrected chi connectivity index (χ2v) is 6.84. The molecule has 0 atom stereocenters. The zero-order chi connectivity index (χ0) is 21.2. The average Bonchev–Trinajstić information content (AvgIpc) is 3.23. The molecule has 1 N–H and O–H groups in total. The highest BCUT2D eigenvalue weighted by Crippen LogP contribution is 2.21. The van der Waals surface area contributed by atoms with E-state index in [1.165, 1.54) is 0 Å². The molecule has 0 radical (unpaired) electrons. The summed E-state index contributed by atoms with van der Waals surface area (Å²) in [7, 11) is 0. The van der Waals surface area contributed by atoms with E-state index in [9.17, 15) is 4.79 Å². The van der Waals surface area contributed by atoms with Gasteiger partial charge in [-0.25, -0.2) is 4.98 Å². The number of hydrogen-bond donors (Lipinski definition) is 1. The molecule has 1 amide bonds. The van der Waals surface area contributed by atoms with Crippen LogP contribution in [-0.4, -0.2) is 32.3 Å². The number of amides is 1. The van der Waals surface area contributed by atoms with Gasteiger partial charge < -0.3 is 14.6 Å². The van der Waals surface area contributed by atoms with Crippen molar-refractivity contribution < 1.29 is 9.53 Å². The van der Waals surface area contributed by atoms with Crippen LogP contribution in [-0.2, 0) is 6.54 Å². The van der Waals surface area contributed by atoms with Gasteiger partial charge >= 0.3 is 0 Å². The molecule has 2 heterocycles. The van der Waals surface area contributed by atoms with Crippen LogP contribution in [0.25, 0.3) is 11.5 Å². The van der Waals surface area contributed by atoms with Crippen LogP contribution < -0.4 is 10.1 Å². The molecule has 0 saturated carbocycles. The van der Waals surface area contributed by atoms with Gasteiger partial charge in [-0.1, -0.05) is 44.0 Å². The summed E-state index contributed by atoms with van der Waals surface area (Å²) >= 11 is 0. The number of nitrogens with one attached hydrogen (secondary N) is 1. The van der Waals surface area contributed by atoms with Gasteiger partial charge in [0.2, 0.25) is 0 Å². The van der Waals surface area contributed by atoms with Crippen molar-refractivity contribution >= 4 is 11.7 Å². The molecule has 0 saturated heterocycles. The maximum atomic E-state index is 12.8. The van der Waals surface area contributed by atoms with E-state index < -0.39 is 0 Å². The predicted molar refractivity (Wildman–Crippen MR) is 117 cm³/mol. The highest BCUT2D eigenvalue weighted by atomic mass is 16.5. The Morgan fingerprint density at radius 3 is 2.90 bits per heavy atom. The van der Waals surface area contributed by atoms with Crippen molar-refractivity contribution in [2.75, 3.05) is 11.9 Å². The smallest absolute Gasteiger partial charge is 0.260 e.